The van der Waals surface area contributed by atoms with E-state index >= 15 is 0 Å². The minimum absolute atomic E-state index is 0.0721. The maximum atomic E-state index is 13.1. The van der Waals surface area contributed by atoms with Crippen LogP contribution in [0.2, 0.25) is 0 Å². The first-order chi connectivity index (χ1) is 18.2. The van der Waals surface area contributed by atoms with Gasteiger partial charge in [-0.15, -0.1) is 0 Å². The number of carbonyl (C=O) groups excluding carboxylic acids is 1. The molecule has 7 heteroatoms. The molecule has 0 N–H and O–H groups in total. The van der Waals surface area contributed by atoms with Crippen LogP contribution in [0.15, 0.2) is 67.0 Å². The molecule has 1 atom stereocenters. The molecule has 7 nitrogen and oxygen atoms in total. The van der Waals surface area contributed by atoms with Gasteiger partial charge in [-0.3, -0.25) is 9.78 Å². The summed E-state index contributed by atoms with van der Waals surface area (Å²) in [5, 5.41) is 0. The Kier molecular flexibility index (Phi) is 8.01. The van der Waals surface area contributed by atoms with Crippen LogP contribution in [0.25, 0.3) is 17.2 Å². The van der Waals surface area contributed by atoms with Crippen molar-refractivity contribution in [3.63, 3.8) is 0 Å². The standard InChI is InChI=1S/C30H32N2O5/c1-34-26-10-7-22(8-11-26)9-12-29(33)32-14-16-36-30-25(20-32)17-24(23-5-4-13-31-19-23)18-28(30)37-21-27-6-2-3-15-35-27/h4-5,7-13,17-19,27H,2-3,6,14-16,20-21H2,1H3. The Morgan fingerprint density at radius 3 is 2.78 bits per heavy atom. The molecule has 1 amide bonds. The minimum atomic E-state index is -0.0721. The zero-order valence-electron chi connectivity index (χ0n) is 21.1. The lowest BCUT2D eigenvalue weighted by Crippen LogP contribution is -2.30. The van der Waals surface area contributed by atoms with E-state index in [4.69, 9.17) is 18.9 Å². The van der Waals surface area contributed by atoms with Gasteiger partial charge < -0.3 is 23.8 Å². The first-order valence-corrected chi connectivity index (χ1v) is 12.7. The second-order valence-corrected chi connectivity index (χ2v) is 9.22. The predicted octanol–water partition coefficient (Wildman–Crippen LogP) is 5.14. The normalized spacial score (nSPS) is 17.5. The molecule has 3 heterocycles. The van der Waals surface area contributed by atoms with Gasteiger partial charge in [0, 0.05) is 42.7 Å². The monoisotopic (exact) mass is 500 g/mol. The fourth-order valence-corrected chi connectivity index (χ4v) is 4.59. The van der Waals surface area contributed by atoms with E-state index < -0.39 is 0 Å². The highest BCUT2D eigenvalue weighted by molar-refractivity contribution is 5.92. The zero-order valence-corrected chi connectivity index (χ0v) is 21.1. The lowest BCUT2D eigenvalue weighted by molar-refractivity contribution is -0.126. The molecular formula is C30H32N2O5. The van der Waals surface area contributed by atoms with E-state index in [1.807, 2.05) is 54.7 Å². The van der Waals surface area contributed by atoms with Crippen molar-refractivity contribution in [2.75, 3.05) is 33.5 Å². The highest BCUT2D eigenvalue weighted by Gasteiger charge is 2.24. The molecule has 2 aromatic carbocycles. The molecule has 2 aliphatic rings. The van der Waals surface area contributed by atoms with E-state index in [1.54, 1.807) is 24.3 Å². The van der Waals surface area contributed by atoms with Gasteiger partial charge in [0.1, 0.15) is 19.0 Å². The lowest BCUT2D eigenvalue weighted by atomic mass is 10.0. The van der Waals surface area contributed by atoms with E-state index in [1.165, 1.54) is 0 Å². The molecule has 5 rings (SSSR count). The van der Waals surface area contributed by atoms with Crippen molar-refractivity contribution < 1.29 is 23.7 Å². The summed E-state index contributed by atoms with van der Waals surface area (Å²) >= 11 is 0. The van der Waals surface area contributed by atoms with Gasteiger partial charge in [-0.2, -0.15) is 0 Å². The van der Waals surface area contributed by atoms with Crippen LogP contribution >= 0.6 is 0 Å². The van der Waals surface area contributed by atoms with E-state index in [0.29, 0.717) is 37.8 Å². The van der Waals surface area contributed by atoms with E-state index in [9.17, 15) is 4.79 Å². The fraction of sp³-hybridized carbons (Fsp3) is 0.333. The molecule has 0 bridgehead atoms. The molecule has 1 fully saturated rings. The molecule has 0 radical (unpaired) electrons. The quantitative estimate of drug-likeness (QED) is 0.419. The first kappa shape index (κ1) is 24.8. The van der Waals surface area contributed by atoms with E-state index in [0.717, 1.165) is 53.9 Å². The summed E-state index contributed by atoms with van der Waals surface area (Å²) in [6.45, 7) is 2.54. The summed E-state index contributed by atoms with van der Waals surface area (Å²) in [6, 6.07) is 15.6. The molecule has 192 valence electrons. The number of benzene rings is 2. The Morgan fingerprint density at radius 2 is 2.03 bits per heavy atom. The SMILES string of the molecule is COc1ccc(C=CC(=O)N2CCOc3c(cc(-c4cccnc4)cc3OCC3CCCCO3)C2)cc1. The maximum absolute atomic E-state index is 13.1. The number of hydrogen-bond donors (Lipinski definition) is 0. The smallest absolute Gasteiger partial charge is 0.246 e. The van der Waals surface area contributed by atoms with Crippen molar-refractivity contribution in [2.24, 2.45) is 0 Å². The maximum Gasteiger partial charge on any atom is 0.246 e. The average Bonchev–Trinajstić information content (AvgIpc) is 3.19. The second kappa shape index (κ2) is 11.9. The molecule has 37 heavy (non-hydrogen) atoms. The van der Waals surface area contributed by atoms with Gasteiger partial charge in [-0.1, -0.05) is 18.2 Å². The van der Waals surface area contributed by atoms with Gasteiger partial charge in [0.25, 0.3) is 0 Å². The zero-order chi connectivity index (χ0) is 25.5. The highest BCUT2D eigenvalue weighted by Crippen LogP contribution is 2.39. The van der Waals surface area contributed by atoms with E-state index in [-0.39, 0.29) is 12.0 Å². The van der Waals surface area contributed by atoms with Crippen LogP contribution in [0.5, 0.6) is 17.2 Å². The number of hydrogen-bond acceptors (Lipinski definition) is 6. The third-order valence-corrected chi connectivity index (χ3v) is 6.64. The lowest BCUT2D eigenvalue weighted by Gasteiger charge is -2.24. The number of amides is 1. The largest absolute Gasteiger partial charge is 0.497 e. The fourth-order valence-electron chi connectivity index (χ4n) is 4.59. The summed E-state index contributed by atoms with van der Waals surface area (Å²) in [4.78, 5) is 19.2. The Bertz CT molecular complexity index is 1220. The average molecular weight is 501 g/mol. The Labute approximate surface area is 217 Å². The van der Waals surface area contributed by atoms with Crippen molar-refractivity contribution in [2.45, 2.75) is 31.9 Å². The molecule has 1 unspecified atom stereocenters. The van der Waals surface area contributed by atoms with Gasteiger partial charge in [-0.25, -0.2) is 0 Å². The third kappa shape index (κ3) is 6.30. The molecule has 0 aliphatic carbocycles. The number of carbonyl (C=O) groups is 1. The van der Waals surface area contributed by atoms with Crippen molar-refractivity contribution in [3.8, 4) is 28.4 Å². The number of pyridine rings is 1. The van der Waals surface area contributed by atoms with Crippen molar-refractivity contribution in [1.29, 1.82) is 0 Å². The van der Waals surface area contributed by atoms with Gasteiger partial charge in [0.2, 0.25) is 5.91 Å². The van der Waals surface area contributed by atoms with Crippen LogP contribution < -0.4 is 14.2 Å². The molecule has 3 aromatic rings. The van der Waals surface area contributed by atoms with Crippen LogP contribution in [-0.2, 0) is 16.1 Å². The predicted molar refractivity (Wildman–Crippen MR) is 142 cm³/mol. The third-order valence-electron chi connectivity index (χ3n) is 6.64. The number of aromatic nitrogens is 1. The van der Waals surface area contributed by atoms with Crippen LogP contribution in [-0.4, -0.2) is 55.4 Å². The molecule has 1 aromatic heterocycles. The minimum Gasteiger partial charge on any atom is -0.497 e. The molecule has 1 saturated heterocycles. The summed E-state index contributed by atoms with van der Waals surface area (Å²) in [5.74, 6) is 2.07. The van der Waals surface area contributed by atoms with Crippen LogP contribution in [0.4, 0.5) is 0 Å². The number of nitrogens with zero attached hydrogens (tertiary/aromatic N) is 2. The highest BCUT2D eigenvalue weighted by atomic mass is 16.5. The summed E-state index contributed by atoms with van der Waals surface area (Å²) in [6.07, 6.45) is 10.3. The molecule has 0 spiro atoms. The van der Waals surface area contributed by atoms with E-state index in [2.05, 4.69) is 11.1 Å². The van der Waals surface area contributed by atoms with Crippen molar-refractivity contribution >= 4 is 12.0 Å². The van der Waals surface area contributed by atoms with Crippen LogP contribution in [0.1, 0.15) is 30.4 Å². The second-order valence-electron chi connectivity index (χ2n) is 9.22. The topological polar surface area (TPSA) is 70.1 Å². The number of methoxy groups -OCH3 is 1. The summed E-state index contributed by atoms with van der Waals surface area (Å²) < 4.78 is 23.5. The summed E-state index contributed by atoms with van der Waals surface area (Å²) in [5.41, 5.74) is 3.79. The molecule has 0 saturated carbocycles. The number of ether oxygens (including phenoxy) is 4. The van der Waals surface area contributed by atoms with Gasteiger partial charge in [0.15, 0.2) is 11.5 Å². The van der Waals surface area contributed by atoms with Crippen LogP contribution in [0.3, 0.4) is 0 Å². The van der Waals surface area contributed by atoms with Gasteiger partial charge >= 0.3 is 0 Å². The number of rotatable bonds is 7. The Hall–Kier alpha value is -3.84. The summed E-state index contributed by atoms with van der Waals surface area (Å²) in [7, 11) is 1.63. The van der Waals surface area contributed by atoms with Crippen molar-refractivity contribution in [3.05, 3.63) is 78.1 Å². The Morgan fingerprint density at radius 1 is 1.14 bits per heavy atom. The van der Waals surface area contributed by atoms with Crippen molar-refractivity contribution in [1.82, 2.24) is 9.88 Å². The van der Waals surface area contributed by atoms with Crippen LogP contribution in [0, 0.1) is 0 Å². The van der Waals surface area contributed by atoms with Gasteiger partial charge in [-0.05, 0) is 66.8 Å². The van der Waals surface area contributed by atoms with Gasteiger partial charge in [0.05, 0.1) is 19.8 Å². The Balaban J connectivity index is 1.38. The number of fused-ring (bicyclic) bond motifs is 1. The molecular weight excluding hydrogens is 468 g/mol. The molecule has 2 aliphatic heterocycles. The first-order valence-electron chi connectivity index (χ1n) is 12.7.